The van der Waals surface area contributed by atoms with Crippen LogP contribution in [-0.4, -0.2) is 10.8 Å². The van der Waals surface area contributed by atoms with Gasteiger partial charge in [-0.1, -0.05) is 0 Å². The van der Waals surface area contributed by atoms with Crippen LogP contribution in [0.15, 0.2) is 21.1 Å². The SMILES string of the molecule is N#CCC(=O)Nc1cc(Br)c([N+](=O)[O-])cc1Br. The number of anilines is 1. The maximum atomic E-state index is 11.2. The molecule has 0 fully saturated rings. The van der Waals surface area contributed by atoms with E-state index in [1.807, 2.05) is 0 Å². The summed E-state index contributed by atoms with van der Waals surface area (Å²) in [6.07, 6.45) is -0.277. The molecule has 0 atom stereocenters. The topological polar surface area (TPSA) is 96.0 Å². The summed E-state index contributed by atoms with van der Waals surface area (Å²) in [5.74, 6) is -0.478. The van der Waals surface area contributed by atoms with E-state index in [1.54, 1.807) is 6.07 Å². The number of nitriles is 1. The van der Waals surface area contributed by atoms with Crippen molar-refractivity contribution in [3.05, 3.63) is 31.2 Å². The van der Waals surface area contributed by atoms with Gasteiger partial charge in [-0.25, -0.2) is 0 Å². The van der Waals surface area contributed by atoms with Crippen molar-refractivity contribution in [3.8, 4) is 6.07 Å². The summed E-state index contributed by atoms with van der Waals surface area (Å²) in [5.41, 5.74) is 0.248. The van der Waals surface area contributed by atoms with Gasteiger partial charge in [-0.15, -0.1) is 0 Å². The monoisotopic (exact) mass is 361 g/mol. The third kappa shape index (κ3) is 3.51. The fourth-order valence-electron chi connectivity index (χ4n) is 1.04. The molecule has 0 aliphatic carbocycles. The molecule has 0 spiro atoms. The summed E-state index contributed by atoms with van der Waals surface area (Å²) in [6, 6.07) is 4.37. The Morgan fingerprint density at radius 1 is 1.47 bits per heavy atom. The smallest absolute Gasteiger partial charge is 0.284 e. The first-order chi connectivity index (χ1) is 7.95. The van der Waals surface area contributed by atoms with Gasteiger partial charge in [0.2, 0.25) is 5.91 Å². The first kappa shape index (κ1) is 13.6. The predicted octanol–water partition coefficient (Wildman–Crippen LogP) is 2.97. The van der Waals surface area contributed by atoms with Crippen LogP contribution in [0.2, 0.25) is 0 Å². The van der Waals surface area contributed by atoms with E-state index in [0.717, 1.165) is 0 Å². The molecule has 0 aromatic heterocycles. The second-order valence-corrected chi connectivity index (χ2v) is 4.63. The van der Waals surface area contributed by atoms with Crippen molar-refractivity contribution < 1.29 is 9.72 Å². The van der Waals surface area contributed by atoms with E-state index in [1.165, 1.54) is 12.1 Å². The van der Waals surface area contributed by atoms with Gasteiger partial charge in [-0.2, -0.15) is 5.26 Å². The zero-order valence-electron chi connectivity index (χ0n) is 8.24. The van der Waals surface area contributed by atoms with E-state index in [0.29, 0.717) is 10.2 Å². The van der Waals surface area contributed by atoms with E-state index in [4.69, 9.17) is 5.26 Å². The molecule has 0 heterocycles. The standard InChI is InChI=1S/C9H5Br2N3O3/c10-5-4-8(14(16)17)6(11)3-7(5)13-9(15)1-2-12/h3-4H,1H2,(H,13,15). The van der Waals surface area contributed by atoms with Crippen molar-refractivity contribution >= 4 is 49.1 Å². The van der Waals surface area contributed by atoms with Crippen LogP contribution >= 0.6 is 31.9 Å². The van der Waals surface area contributed by atoms with Gasteiger partial charge < -0.3 is 5.32 Å². The molecule has 0 aliphatic rings. The number of amides is 1. The van der Waals surface area contributed by atoms with Gasteiger partial charge in [0.15, 0.2) is 0 Å². The lowest BCUT2D eigenvalue weighted by atomic mass is 10.2. The van der Waals surface area contributed by atoms with Crippen LogP contribution in [0.4, 0.5) is 11.4 Å². The fourth-order valence-corrected chi connectivity index (χ4v) is 1.96. The number of hydrogen-bond acceptors (Lipinski definition) is 4. The average Bonchev–Trinajstić information content (AvgIpc) is 2.22. The Balaban J connectivity index is 3.04. The van der Waals surface area contributed by atoms with E-state index in [2.05, 4.69) is 37.2 Å². The molecular formula is C9H5Br2N3O3. The molecule has 1 N–H and O–H groups in total. The summed E-state index contributed by atoms with van der Waals surface area (Å²) in [5, 5.41) is 21.4. The number of nitrogens with one attached hydrogen (secondary N) is 1. The van der Waals surface area contributed by atoms with Gasteiger partial charge in [-0.3, -0.25) is 14.9 Å². The third-order valence-corrected chi connectivity index (χ3v) is 3.04. The lowest BCUT2D eigenvalue weighted by Crippen LogP contribution is -2.10. The molecule has 0 radical (unpaired) electrons. The quantitative estimate of drug-likeness (QED) is 0.660. The third-order valence-electron chi connectivity index (χ3n) is 1.75. The molecule has 0 aliphatic heterocycles. The Bertz CT molecular complexity index is 525. The number of hydrogen-bond donors (Lipinski definition) is 1. The molecule has 17 heavy (non-hydrogen) atoms. The zero-order valence-corrected chi connectivity index (χ0v) is 11.4. The minimum absolute atomic E-state index is 0.116. The highest BCUT2D eigenvalue weighted by Crippen LogP contribution is 2.34. The minimum Gasteiger partial charge on any atom is -0.324 e. The zero-order chi connectivity index (χ0) is 13.0. The largest absolute Gasteiger partial charge is 0.324 e. The maximum absolute atomic E-state index is 11.2. The normalized spacial score (nSPS) is 9.47. The van der Waals surface area contributed by atoms with Crippen molar-refractivity contribution in [1.82, 2.24) is 0 Å². The number of benzene rings is 1. The Morgan fingerprint density at radius 3 is 2.65 bits per heavy atom. The highest BCUT2D eigenvalue weighted by Gasteiger charge is 2.16. The summed E-state index contributed by atoms with van der Waals surface area (Å²) in [4.78, 5) is 21.3. The van der Waals surface area contributed by atoms with Gasteiger partial charge in [-0.05, 0) is 37.9 Å². The Morgan fingerprint density at radius 2 is 2.12 bits per heavy atom. The van der Waals surface area contributed by atoms with Crippen LogP contribution < -0.4 is 5.32 Å². The molecule has 1 aromatic rings. The Hall–Kier alpha value is -1.46. The molecule has 6 nitrogen and oxygen atoms in total. The van der Waals surface area contributed by atoms with Gasteiger partial charge in [0, 0.05) is 10.5 Å². The number of halogens is 2. The summed E-state index contributed by atoms with van der Waals surface area (Å²) >= 11 is 6.14. The van der Waals surface area contributed by atoms with Gasteiger partial charge in [0.05, 0.1) is 21.2 Å². The van der Waals surface area contributed by atoms with Gasteiger partial charge in [0.25, 0.3) is 5.69 Å². The van der Waals surface area contributed by atoms with Crippen molar-refractivity contribution in [2.45, 2.75) is 6.42 Å². The number of nitrogens with zero attached hydrogens (tertiary/aromatic N) is 2. The van der Waals surface area contributed by atoms with E-state index in [-0.39, 0.29) is 16.6 Å². The maximum Gasteiger partial charge on any atom is 0.284 e. The Labute approximate surface area is 113 Å². The van der Waals surface area contributed by atoms with Crippen LogP contribution in [0.25, 0.3) is 0 Å². The highest BCUT2D eigenvalue weighted by molar-refractivity contribution is 9.11. The second-order valence-electron chi connectivity index (χ2n) is 2.92. The van der Waals surface area contributed by atoms with E-state index >= 15 is 0 Å². The molecule has 0 saturated carbocycles. The predicted molar refractivity (Wildman–Crippen MR) is 67.4 cm³/mol. The van der Waals surface area contributed by atoms with Crippen molar-refractivity contribution in [1.29, 1.82) is 5.26 Å². The van der Waals surface area contributed by atoms with Crippen molar-refractivity contribution in [2.75, 3.05) is 5.32 Å². The van der Waals surface area contributed by atoms with Crippen LogP contribution in [0.3, 0.4) is 0 Å². The summed E-state index contributed by atoms with van der Waals surface area (Å²) in [6.45, 7) is 0. The molecular weight excluding hydrogens is 358 g/mol. The minimum atomic E-state index is -0.546. The molecule has 0 bridgehead atoms. The highest BCUT2D eigenvalue weighted by atomic mass is 79.9. The molecule has 0 unspecified atom stereocenters. The Kier molecular flexibility index (Phi) is 4.60. The lowest BCUT2D eigenvalue weighted by Gasteiger charge is -2.06. The first-order valence-corrected chi connectivity index (χ1v) is 5.84. The fraction of sp³-hybridized carbons (Fsp3) is 0.111. The van der Waals surface area contributed by atoms with Crippen molar-refractivity contribution in [2.24, 2.45) is 0 Å². The lowest BCUT2D eigenvalue weighted by molar-refractivity contribution is -0.385. The first-order valence-electron chi connectivity index (χ1n) is 4.26. The number of nitro groups is 1. The molecule has 1 aromatic carbocycles. The van der Waals surface area contributed by atoms with Crippen molar-refractivity contribution in [3.63, 3.8) is 0 Å². The second kappa shape index (κ2) is 5.75. The van der Waals surface area contributed by atoms with Crippen LogP contribution in [-0.2, 0) is 4.79 Å². The number of carbonyl (C=O) groups is 1. The number of carbonyl (C=O) groups excluding carboxylic acids is 1. The summed E-state index contributed by atoms with van der Waals surface area (Å²) < 4.78 is 0.622. The molecule has 88 valence electrons. The molecule has 1 amide bonds. The van der Waals surface area contributed by atoms with E-state index in [9.17, 15) is 14.9 Å². The molecule has 1 rings (SSSR count). The van der Waals surface area contributed by atoms with Gasteiger partial charge in [0.1, 0.15) is 6.42 Å². The van der Waals surface area contributed by atoms with Gasteiger partial charge >= 0.3 is 0 Å². The molecule has 0 saturated heterocycles. The summed E-state index contributed by atoms with van der Waals surface area (Å²) in [7, 11) is 0. The average molecular weight is 363 g/mol. The number of rotatable bonds is 3. The van der Waals surface area contributed by atoms with Crippen LogP contribution in [0.5, 0.6) is 0 Å². The van der Waals surface area contributed by atoms with E-state index < -0.39 is 10.8 Å². The molecule has 8 heteroatoms. The van der Waals surface area contributed by atoms with Crippen LogP contribution in [0.1, 0.15) is 6.42 Å². The van der Waals surface area contributed by atoms with Crippen LogP contribution in [0, 0.1) is 21.4 Å². The number of nitro benzene ring substituents is 1.